The molecule has 1 heterocycles. The molecule has 1 aromatic carbocycles. The summed E-state index contributed by atoms with van der Waals surface area (Å²) in [7, 11) is 3.12. The van der Waals surface area contributed by atoms with Gasteiger partial charge in [0.25, 0.3) is 0 Å². The molecular weight excluding hydrogens is 222 g/mol. The lowest BCUT2D eigenvalue weighted by molar-refractivity contribution is 0.180. The van der Waals surface area contributed by atoms with Crippen molar-refractivity contribution in [3.63, 3.8) is 0 Å². The molecule has 16 heavy (non-hydrogen) atoms. The first-order chi connectivity index (χ1) is 7.72. The quantitative estimate of drug-likeness (QED) is 0.752. The van der Waals surface area contributed by atoms with Crippen molar-refractivity contribution in [2.75, 3.05) is 24.8 Å². The molecule has 0 spiro atoms. The summed E-state index contributed by atoms with van der Waals surface area (Å²) in [6, 6.07) is 6.14. The summed E-state index contributed by atoms with van der Waals surface area (Å²) in [5, 5.41) is 0. The highest BCUT2D eigenvalue weighted by Gasteiger charge is 2.14. The van der Waals surface area contributed by atoms with E-state index in [0.29, 0.717) is 0 Å². The molecule has 0 fully saturated rings. The number of amides is 1. The van der Waals surface area contributed by atoms with Crippen molar-refractivity contribution >= 4 is 23.5 Å². The lowest BCUT2D eigenvalue weighted by Crippen LogP contribution is -2.26. The highest BCUT2D eigenvalue weighted by molar-refractivity contribution is 7.99. The molecule has 0 N–H and O–H groups in total. The van der Waals surface area contributed by atoms with Gasteiger partial charge in [0.2, 0.25) is 0 Å². The van der Waals surface area contributed by atoms with Crippen molar-refractivity contribution in [1.29, 1.82) is 0 Å². The van der Waals surface area contributed by atoms with E-state index in [2.05, 4.69) is 12.1 Å². The summed E-state index contributed by atoms with van der Waals surface area (Å²) in [6.07, 6.45) is 1.98. The highest BCUT2D eigenvalue weighted by Crippen LogP contribution is 2.32. The first kappa shape index (κ1) is 11.3. The van der Waals surface area contributed by atoms with Crippen molar-refractivity contribution in [3.8, 4) is 0 Å². The molecule has 1 aliphatic heterocycles. The van der Waals surface area contributed by atoms with Crippen LogP contribution in [0, 0.1) is 0 Å². The van der Waals surface area contributed by atoms with Crippen molar-refractivity contribution < 1.29 is 9.53 Å². The van der Waals surface area contributed by atoms with Crippen molar-refractivity contribution in [3.05, 3.63) is 23.8 Å². The lowest BCUT2D eigenvalue weighted by Gasteiger charge is -2.20. The zero-order chi connectivity index (χ0) is 11.5. The first-order valence-electron chi connectivity index (χ1n) is 5.30. The molecule has 0 aromatic heterocycles. The monoisotopic (exact) mass is 237 g/mol. The van der Waals surface area contributed by atoms with Gasteiger partial charge in [-0.15, -0.1) is 11.8 Å². The molecule has 0 radical (unpaired) electrons. The maximum atomic E-state index is 11.4. The second-order valence-corrected chi connectivity index (χ2v) is 4.91. The zero-order valence-corrected chi connectivity index (χ0v) is 10.3. The summed E-state index contributed by atoms with van der Waals surface area (Å²) in [4.78, 5) is 14.2. The van der Waals surface area contributed by atoms with Gasteiger partial charge in [-0.25, -0.2) is 4.79 Å². The number of fused-ring (bicyclic) bond motifs is 1. The summed E-state index contributed by atoms with van der Waals surface area (Å²) >= 11 is 1.89. The fourth-order valence-corrected chi connectivity index (χ4v) is 2.82. The van der Waals surface area contributed by atoms with Crippen LogP contribution >= 0.6 is 11.8 Å². The molecule has 3 nitrogen and oxygen atoms in total. The van der Waals surface area contributed by atoms with Crippen molar-refractivity contribution in [2.45, 2.75) is 17.7 Å². The Labute approximate surface area is 99.8 Å². The summed E-state index contributed by atoms with van der Waals surface area (Å²) < 4.78 is 4.69. The van der Waals surface area contributed by atoms with Gasteiger partial charge < -0.3 is 4.74 Å². The molecule has 1 aromatic rings. The Hall–Kier alpha value is -1.16. The maximum Gasteiger partial charge on any atom is 0.413 e. The Kier molecular flexibility index (Phi) is 3.39. The predicted molar refractivity (Wildman–Crippen MR) is 66.3 cm³/mol. The standard InChI is InChI=1S/C12H15NO2S/c1-13(12(14)15-2)10-5-6-11-9(8-10)4-3-7-16-11/h5-6,8H,3-4,7H2,1-2H3. The lowest BCUT2D eigenvalue weighted by atomic mass is 10.1. The highest BCUT2D eigenvalue weighted by atomic mass is 32.2. The van der Waals surface area contributed by atoms with E-state index in [1.165, 1.54) is 34.6 Å². The van der Waals surface area contributed by atoms with E-state index in [9.17, 15) is 4.79 Å². The van der Waals surface area contributed by atoms with E-state index < -0.39 is 0 Å². The van der Waals surface area contributed by atoms with E-state index in [-0.39, 0.29) is 6.09 Å². The van der Waals surface area contributed by atoms with E-state index in [0.717, 1.165) is 12.1 Å². The summed E-state index contributed by atoms with van der Waals surface area (Å²) in [5.41, 5.74) is 2.23. The molecule has 0 saturated carbocycles. The molecule has 1 amide bonds. The average molecular weight is 237 g/mol. The fourth-order valence-electron chi connectivity index (χ4n) is 1.80. The molecule has 86 valence electrons. The Morgan fingerprint density at radius 2 is 2.31 bits per heavy atom. The van der Waals surface area contributed by atoms with Crippen molar-refractivity contribution in [2.24, 2.45) is 0 Å². The number of carbonyl (C=O) groups is 1. The SMILES string of the molecule is COC(=O)N(C)c1ccc2c(c1)CCCS2. The number of ether oxygens (including phenoxy) is 1. The number of thioether (sulfide) groups is 1. The van der Waals surface area contributed by atoms with Crippen LogP contribution in [-0.2, 0) is 11.2 Å². The number of anilines is 1. The Bertz CT molecular complexity index is 406. The Morgan fingerprint density at radius 1 is 1.50 bits per heavy atom. The minimum absolute atomic E-state index is 0.330. The van der Waals surface area contributed by atoms with Gasteiger partial charge in [-0.2, -0.15) is 0 Å². The van der Waals surface area contributed by atoms with Crippen molar-refractivity contribution in [1.82, 2.24) is 0 Å². The van der Waals surface area contributed by atoms with Crippen LogP contribution in [0.2, 0.25) is 0 Å². The van der Waals surface area contributed by atoms with Crippen LogP contribution in [0.3, 0.4) is 0 Å². The van der Waals surface area contributed by atoms with Gasteiger partial charge in [-0.05, 0) is 42.4 Å². The molecule has 4 heteroatoms. The number of nitrogens with zero attached hydrogens (tertiary/aromatic N) is 1. The molecule has 0 unspecified atom stereocenters. The van der Waals surface area contributed by atoms with Crippen LogP contribution in [0.4, 0.5) is 10.5 Å². The predicted octanol–water partition coefficient (Wildman–Crippen LogP) is 2.93. The van der Waals surface area contributed by atoms with E-state index in [1.54, 1.807) is 7.05 Å². The number of rotatable bonds is 1. The third kappa shape index (κ3) is 2.16. The molecule has 0 saturated heterocycles. The normalized spacial score (nSPS) is 14.1. The second-order valence-electron chi connectivity index (χ2n) is 3.77. The van der Waals surface area contributed by atoms with Gasteiger partial charge in [-0.1, -0.05) is 0 Å². The Morgan fingerprint density at radius 3 is 3.06 bits per heavy atom. The third-order valence-electron chi connectivity index (χ3n) is 2.73. The largest absolute Gasteiger partial charge is 0.452 e. The fraction of sp³-hybridized carbons (Fsp3) is 0.417. The van der Waals surface area contributed by atoms with Crippen LogP contribution in [0.5, 0.6) is 0 Å². The molecule has 2 rings (SSSR count). The Balaban J connectivity index is 2.26. The second kappa shape index (κ2) is 4.78. The van der Waals surface area contributed by atoms with Crippen LogP contribution in [0.15, 0.2) is 23.1 Å². The van der Waals surface area contributed by atoms with Crippen LogP contribution in [-0.4, -0.2) is 26.0 Å². The minimum Gasteiger partial charge on any atom is -0.452 e. The molecule has 0 atom stereocenters. The number of hydrogen-bond donors (Lipinski definition) is 0. The van der Waals surface area contributed by atoms with Crippen LogP contribution in [0.25, 0.3) is 0 Å². The maximum absolute atomic E-state index is 11.4. The number of benzene rings is 1. The zero-order valence-electron chi connectivity index (χ0n) is 9.53. The number of methoxy groups -OCH3 is 1. The van der Waals surface area contributed by atoms with Gasteiger partial charge in [0, 0.05) is 17.6 Å². The van der Waals surface area contributed by atoms with E-state index in [4.69, 9.17) is 4.74 Å². The molecule has 0 aliphatic carbocycles. The number of hydrogen-bond acceptors (Lipinski definition) is 3. The summed E-state index contributed by atoms with van der Waals surface area (Å²) in [5.74, 6) is 1.19. The minimum atomic E-state index is -0.330. The average Bonchev–Trinajstić information content (AvgIpc) is 2.36. The first-order valence-corrected chi connectivity index (χ1v) is 6.28. The number of carbonyl (C=O) groups excluding carboxylic acids is 1. The third-order valence-corrected chi connectivity index (χ3v) is 3.93. The van der Waals surface area contributed by atoms with Gasteiger partial charge in [0.15, 0.2) is 0 Å². The van der Waals surface area contributed by atoms with Gasteiger partial charge in [-0.3, -0.25) is 4.90 Å². The molecule has 1 aliphatic rings. The van der Waals surface area contributed by atoms with E-state index >= 15 is 0 Å². The molecule has 0 bridgehead atoms. The topological polar surface area (TPSA) is 29.5 Å². The summed E-state index contributed by atoms with van der Waals surface area (Å²) in [6.45, 7) is 0. The van der Waals surface area contributed by atoms with Gasteiger partial charge >= 0.3 is 6.09 Å². The smallest absolute Gasteiger partial charge is 0.413 e. The van der Waals surface area contributed by atoms with Gasteiger partial charge in [0.05, 0.1) is 7.11 Å². The van der Waals surface area contributed by atoms with Crippen LogP contribution in [0.1, 0.15) is 12.0 Å². The number of aryl methyl sites for hydroxylation is 1. The molecular formula is C12H15NO2S. The van der Waals surface area contributed by atoms with Gasteiger partial charge in [0.1, 0.15) is 0 Å². The van der Waals surface area contributed by atoms with E-state index in [1.807, 2.05) is 17.8 Å². The van der Waals surface area contributed by atoms with Crippen LogP contribution < -0.4 is 4.90 Å².